The lowest BCUT2D eigenvalue weighted by Gasteiger charge is -2.33. The lowest BCUT2D eigenvalue weighted by atomic mass is 10.1. The maximum Gasteiger partial charge on any atom is 0.239 e. The Morgan fingerprint density at radius 1 is 1.23 bits per heavy atom. The van der Waals surface area contributed by atoms with Gasteiger partial charge in [0.05, 0.1) is 0 Å². The molecule has 1 N–H and O–H groups in total. The zero-order valence-corrected chi connectivity index (χ0v) is 13.2. The van der Waals surface area contributed by atoms with Gasteiger partial charge in [0.25, 0.3) is 0 Å². The molecule has 2 atom stereocenters. The van der Waals surface area contributed by atoms with Crippen LogP contribution in [0.5, 0.6) is 0 Å². The number of carbonyl (C=O) groups excluding carboxylic acids is 2. The lowest BCUT2D eigenvalue weighted by Crippen LogP contribution is -2.53. The van der Waals surface area contributed by atoms with Crippen molar-refractivity contribution in [1.82, 2.24) is 10.2 Å². The summed E-state index contributed by atoms with van der Waals surface area (Å²) in [5, 5.41) is 3.32. The first-order chi connectivity index (χ1) is 10.6. The topological polar surface area (TPSA) is 52.7 Å². The predicted molar refractivity (Wildman–Crippen MR) is 85.7 cm³/mol. The first-order valence-corrected chi connectivity index (χ1v) is 7.96. The first-order valence-electron chi connectivity index (χ1n) is 7.96. The second kappa shape index (κ2) is 6.08. The number of benzene rings is 1. The molecule has 0 spiro atoms. The van der Waals surface area contributed by atoms with E-state index in [-0.39, 0.29) is 11.8 Å². The average molecular weight is 301 g/mol. The molecule has 0 unspecified atom stereocenters. The number of nitrogens with zero attached hydrogens (tertiary/aromatic N) is 2. The number of rotatable bonds is 2. The second-order valence-corrected chi connectivity index (χ2v) is 6.31. The molecule has 0 saturated carbocycles. The molecule has 0 bridgehead atoms. The molecule has 2 fully saturated rings. The number of aryl methyl sites for hydroxylation is 1. The van der Waals surface area contributed by atoms with Crippen molar-refractivity contribution in [1.29, 1.82) is 0 Å². The fraction of sp³-hybridized carbons (Fsp3) is 0.529. The lowest BCUT2D eigenvalue weighted by molar-refractivity contribution is -0.140. The van der Waals surface area contributed by atoms with E-state index in [1.165, 1.54) is 0 Å². The molecule has 0 aromatic heterocycles. The van der Waals surface area contributed by atoms with Gasteiger partial charge in [-0.1, -0.05) is 17.7 Å². The molecule has 5 nitrogen and oxygen atoms in total. The Balaban J connectivity index is 1.70. The summed E-state index contributed by atoms with van der Waals surface area (Å²) in [6.45, 7) is 6.89. The summed E-state index contributed by atoms with van der Waals surface area (Å²) in [5.41, 5.74) is 2.05. The average Bonchev–Trinajstić information content (AvgIpc) is 2.89. The third-order valence-electron chi connectivity index (χ3n) is 4.53. The molecule has 2 saturated heterocycles. The van der Waals surface area contributed by atoms with E-state index in [0.717, 1.165) is 17.8 Å². The molecule has 0 radical (unpaired) electrons. The molecule has 1 aromatic carbocycles. The van der Waals surface area contributed by atoms with Gasteiger partial charge in [-0.2, -0.15) is 0 Å². The molecule has 2 heterocycles. The van der Waals surface area contributed by atoms with Gasteiger partial charge in [0.15, 0.2) is 0 Å². The third-order valence-corrected chi connectivity index (χ3v) is 4.53. The van der Waals surface area contributed by atoms with Gasteiger partial charge in [0.1, 0.15) is 5.92 Å². The number of carbonyl (C=O) groups is 2. The zero-order chi connectivity index (χ0) is 15.7. The fourth-order valence-electron chi connectivity index (χ4n) is 3.24. The van der Waals surface area contributed by atoms with Crippen LogP contribution in [0.4, 0.5) is 5.69 Å². The Morgan fingerprint density at radius 2 is 1.95 bits per heavy atom. The highest BCUT2D eigenvalue weighted by molar-refractivity contribution is 6.09. The maximum absolute atomic E-state index is 12.6. The number of hydrogen-bond donors (Lipinski definition) is 1. The van der Waals surface area contributed by atoms with Gasteiger partial charge in [-0.05, 0) is 32.4 Å². The molecule has 0 aliphatic carbocycles. The Morgan fingerprint density at radius 3 is 2.64 bits per heavy atom. The van der Waals surface area contributed by atoms with Gasteiger partial charge < -0.3 is 15.1 Å². The van der Waals surface area contributed by atoms with Gasteiger partial charge in [-0.3, -0.25) is 9.59 Å². The number of hydrogen-bond acceptors (Lipinski definition) is 3. The van der Waals surface area contributed by atoms with Crippen molar-refractivity contribution >= 4 is 17.5 Å². The van der Waals surface area contributed by atoms with Crippen LogP contribution in [0.2, 0.25) is 0 Å². The first kappa shape index (κ1) is 15.0. The summed E-state index contributed by atoms with van der Waals surface area (Å²) < 4.78 is 0. The summed E-state index contributed by atoms with van der Waals surface area (Å²) in [7, 11) is 0. The molecule has 5 heteroatoms. The van der Waals surface area contributed by atoms with Crippen LogP contribution in [0.1, 0.15) is 18.9 Å². The third kappa shape index (κ3) is 2.86. The summed E-state index contributed by atoms with van der Waals surface area (Å²) in [5.74, 6) is -0.570. The van der Waals surface area contributed by atoms with Gasteiger partial charge in [-0.25, -0.2) is 0 Å². The largest absolute Gasteiger partial charge is 0.339 e. The molecule has 22 heavy (non-hydrogen) atoms. The minimum Gasteiger partial charge on any atom is -0.339 e. The van der Waals surface area contributed by atoms with Crippen LogP contribution in [0.25, 0.3) is 0 Å². The van der Waals surface area contributed by atoms with E-state index in [4.69, 9.17) is 0 Å². The number of nitrogens with one attached hydrogen (secondary N) is 1. The zero-order valence-electron chi connectivity index (χ0n) is 13.2. The van der Waals surface area contributed by atoms with Gasteiger partial charge in [0.2, 0.25) is 11.8 Å². The Kier molecular flexibility index (Phi) is 4.16. The highest BCUT2D eigenvalue weighted by atomic mass is 16.2. The van der Waals surface area contributed by atoms with Crippen molar-refractivity contribution in [2.75, 3.05) is 31.1 Å². The van der Waals surface area contributed by atoms with Crippen molar-refractivity contribution in [2.24, 2.45) is 5.92 Å². The summed E-state index contributed by atoms with van der Waals surface area (Å²) >= 11 is 0. The molecule has 1 aromatic rings. The van der Waals surface area contributed by atoms with Crippen molar-refractivity contribution < 1.29 is 9.59 Å². The molecule has 3 rings (SSSR count). The molecule has 118 valence electrons. The van der Waals surface area contributed by atoms with Crippen LogP contribution in [0.3, 0.4) is 0 Å². The number of anilines is 1. The Bertz CT molecular complexity index is 570. The Labute approximate surface area is 131 Å². The fourth-order valence-corrected chi connectivity index (χ4v) is 3.24. The maximum atomic E-state index is 12.6. The normalized spacial score (nSPS) is 25.6. The highest BCUT2D eigenvalue weighted by Gasteiger charge is 2.40. The van der Waals surface area contributed by atoms with E-state index in [1.807, 2.05) is 36.1 Å². The second-order valence-electron chi connectivity index (χ2n) is 6.31. The van der Waals surface area contributed by atoms with E-state index in [2.05, 4.69) is 12.2 Å². The van der Waals surface area contributed by atoms with Crippen LogP contribution < -0.4 is 10.2 Å². The number of piperazine rings is 1. The van der Waals surface area contributed by atoms with Crippen LogP contribution in [-0.4, -0.2) is 48.9 Å². The van der Waals surface area contributed by atoms with E-state index < -0.39 is 5.92 Å². The molecular formula is C17H23N3O2. The molecular weight excluding hydrogens is 278 g/mol. The van der Waals surface area contributed by atoms with Crippen LogP contribution in [0, 0.1) is 12.8 Å². The van der Waals surface area contributed by atoms with E-state index in [9.17, 15) is 9.59 Å². The van der Waals surface area contributed by atoms with Gasteiger partial charge in [-0.15, -0.1) is 0 Å². The minimum atomic E-state index is -0.508. The van der Waals surface area contributed by atoms with Gasteiger partial charge in [0, 0.05) is 37.9 Å². The van der Waals surface area contributed by atoms with Crippen molar-refractivity contribution in [3.63, 3.8) is 0 Å². The smallest absolute Gasteiger partial charge is 0.239 e. The SMILES string of the molecule is Cc1ccc(N2CC[C@H](C(=O)N3CCN[C@@H](C)C3)C2=O)cc1. The highest BCUT2D eigenvalue weighted by Crippen LogP contribution is 2.27. The summed E-state index contributed by atoms with van der Waals surface area (Å²) in [6.07, 6.45) is 0.615. The van der Waals surface area contributed by atoms with Gasteiger partial charge >= 0.3 is 0 Å². The Hall–Kier alpha value is -1.88. The van der Waals surface area contributed by atoms with Crippen LogP contribution >= 0.6 is 0 Å². The molecule has 2 aliphatic heterocycles. The van der Waals surface area contributed by atoms with E-state index >= 15 is 0 Å². The minimum absolute atomic E-state index is 0.00652. The summed E-state index contributed by atoms with van der Waals surface area (Å²) in [6, 6.07) is 8.19. The summed E-state index contributed by atoms with van der Waals surface area (Å²) in [4.78, 5) is 28.8. The molecule has 2 aliphatic rings. The van der Waals surface area contributed by atoms with Crippen molar-refractivity contribution in [2.45, 2.75) is 26.3 Å². The predicted octanol–water partition coefficient (Wildman–Crippen LogP) is 1.17. The monoisotopic (exact) mass is 301 g/mol. The van der Waals surface area contributed by atoms with Crippen LogP contribution in [0.15, 0.2) is 24.3 Å². The van der Waals surface area contributed by atoms with Crippen molar-refractivity contribution in [3.8, 4) is 0 Å². The van der Waals surface area contributed by atoms with E-state index in [0.29, 0.717) is 32.1 Å². The quantitative estimate of drug-likeness (QED) is 0.834. The number of amides is 2. The standard InChI is InChI=1S/C17H23N3O2/c1-12-3-5-14(6-4-12)20-9-7-15(17(20)22)16(21)19-10-8-18-13(2)11-19/h3-6,13,15,18H,7-11H2,1-2H3/t13-,15+/m0/s1. The van der Waals surface area contributed by atoms with E-state index in [1.54, 1.807) is 4.90 Å². The van der Waals surface area contributed by atoms with Crippen molar-refractivity contribution in [3.05, 3.63) is 29.8 Å². The molecule has 2 amide bonds. The van der Waals surface area contributed by atoms with Crippen LogP contribution in [-0.2, 0) is 9.59 Å².